The van der Waals surface area contributed by atoms with E-state index in [1.54, 1.807) is 0 Å². The van der Waals surface area contributed by atoms with Gasteiger partial charge >= 0.3 is 0 Å². The van der Waals surface area contributed by atoms with Crippen molar-refractivity contribution in [2.24, 2.45) is 4.99 Å². The molecule has 4 heteroatoms. The van der Waals surface area contributed by atoms with Crippen molar-refractivity contribution in [3.8, 4) is 0 Å². The van der Waals surface area contributed by atoms with Crippen LogP contribution in [0.2, 0.25) is 5.02 Å². The Balaban J connectivity index is 1.84. The highest BCUT2D eigenvalue weighted by atomic mass is 35.5. The second-order valence-corrected chi connectivity index (χ2v) is 6.98. The van der Waals surface area contributed by atoms with Crippen LogP contribution in [0.5, 0.6) is 0 Å². The van der Waals surface area contributed by atoms with Crippen LogP contribution in [-0.2, 0) is 16.0 Å². The molecule has 0 aliphatic carbocycles. The van der Waals surface area contributed by atoms with E-state index < -0.39 is 4.75 Å². The molecule has 0 spiro atoms. The molecule has 1 amide bonds. The number of aliphatic imine (C=N–C) groups is 1. The first-order chi connectivity index (χ1) is 10.1. The smallest absolute Gasteiger partial charge is 0.267 e. The Morgan fingerprint density at radius 3 is 2.48 bits per heavy atom. The first kappa shape index (κ1) is 14.4. The minimum atomic E-state index is -0.627. The second kappa shape index (κ2) is 5.66. The summed E-state index contributed by atoms with van der Waals surface area (Å²) in [5, 5.41) is 1.53. The number of amides is 1. The molecule has 2 nitrogen and oxygen atoms in total. The molecular formula is C17H14ClNOS. The van der Waals surface area contributed by atoms with Crippen molar-refractivity contribution in [1.82, 2.24) is 0 Å². The van der Waals surface area contributed by atoms with Gasteiger partial charge in [-0.1, -0.05) is 71.9 Å². The third-order valence-electron chi connectivity index (χ3n) is 3.58. The maximum absolute atomic E-state index is 12.3. The fourth-order valence-electron chi connectivity index (χ4n) is 2.34. The number of hydrogen-bond donors (Lipinski definition) is 0. The molecule has 0 saturated carbocycles. The SMILES string of the molecule is C[C@]1(c2ccccc2)SC(Cc2ccccc2Cl)=NC1=O. The van der Waals surface area contributed by atoms with Gasteiger partial charge in [-0.25, -0.2) is 4.99 Å². The molecule has 1 aliphatic rings. The number of benzene rings is 2. The Kier molecular flexibility index (Phi) is 3.87. The zero-order chi connectivity index (χ0) is 14.9. The van der Waals surface area contributed by atoms with Crippen LogP contribution in [0.25, 0.3) is 0 Å². The molecule has 0 saturated heterocycles. The van der Waals surface area contributed by atoms with Crippen LogP contribution in [0.1, 0.15) is 18.1 Å². The average molecular weight is 316 g/mol. The van der Waals surface area contributed by atoms with Crippen molar-refractivity contribution in [1.29, 1.82) is 0 Å². The third-order valence-corrected chi connectivity index (χ3v) is 5.24. The normalized spacial score (nSPS) is 21.4. The van der Waals surface area contributed by atoms with Crippen molar-refractivity contribution in [3.05, 3.63) is 70.7 Å². The quantitative estimate of drug-likeness (QED) is 0.836. The minimum Gasteiger partial charge on any atom is -0.271 e. The highest BCUT2D eigenvalue weighted by molar-refractivity contribution is 8.15. The molecule has 1 heterocycles. The molecule has 0 radical (unpaired) electrons. The average Bonchev–Trinajstić information content (AvgIpc) is 2.78. The maximum Gasteiger partial charge on any atom is 0.267 e. The van der Waals surface area contributed by atoms with Crippen LogP contribution in [0, 0.1) is 0 Å². The van der Waals surface area contributed by atoms with Gasteiger partial charge in [0.2, 0.25) is 0 Å². The second-order valence-electron chi connectivity index (χ2n) is 5.08. The van der Waals surface area contributed by atoms with Gasteiger partial charge in [-0.05, 0) is 24.1 Å². The minimum absolute atomic E-state index is 0.0965. The molecule has 3 rings (SSSR count). The van der Waals surface area contributed by atoms with Gasteiger partial charge in [0.1, 0.15) is 4.75 Å². The number of thioether (sulfide) groups is 1. The van der Waals surface area contributed by atoms with E-state index in [0.717, 1.165) is 16.2 Å². The number of nitrogens with zero attached hydrogens (tertiary/aromatic N) is 1. The molecule has 0 N–H and O–H groups in total. The molecule has 0 unspecified atom stereocenters. The maximum atomic E-state index is 12.3. The fourth-order valence-corrected chi connectivity index (χ4v) is 3.76. The summed E-state index contributed by atoms with van der Waals surface area (Å²) in [6.07, 6.45) is 0.596. The molecule has 0 bridgehead atoms. The zero-order valence-electron chi connectivity index (χ0n) is 11.5. The molecule has 1 aliphatic heterocycles. The lowest BCUT2D eigenvalue weighted by Gasteiger charge is -2.20. The number of carbonyl (C=O) groups excluding carboxylic acids is 1. The van der Waals surface area contributed by atoms with Crippen molar-refractivity contribution in [3.63, 3.8) is 0 Å². The number of carbonyl (C=O) groups is 1. The van der Waals surface area contributed by atoms with Gasteiger partial charge < -0.3 is 0 Å². The Morgan fingerprint density at radius 1 is 1.10 bits per heavy atom. The van der Waals surface area contributed by atoms with Crippen LogP contribution in [-0.4, -0.2) is 11.0 Å². The standard InChI is InChI=1S/C17H14ClNOS/c1-17(13-8-3-2-4-9-13)16(20)19-15(21-17)11-12-7-5-6-10-14(12)18/h2-10H,11H2,1H3/t17-/m1/s1. The summed E-state index contributed by atoms with van der Waals surface area (Å²) in [4.78, 5) is 16.6. The van der Waals surface area contributed by atoms with E-state index in [1.165, 1.54) is 11.8 Å². The molecule has 21 heavy (non-hydrogen) atoms. The van der Waals surface area contributed by atoms with Crippen molar-refractivity contribution in [2.75, 3.05) is 0 Å². The summed E-state index contributed by atoms with van der Waals surface area (Å²) in [5.74, 6) is -0.0965. The predicted molar refractivity (Wildman–Crippen MR) is 89.0 cm³/mol. The molecular weight excluding hydrogens is 302 g/mol. The lowest BCUT2D eigenvalue weighted by Crippen LogP contribution is -2.23. The first-order valence-electron chi connectivity index (χ1n) is 6.69. The topological polar surface area (TPSA) is 29.4 Å². The van der Waals surface area contributed by atoms with Crippen molar-refractivity contribution < 1.29 is 4.79 Å². The van der Waals surface area contributed by atoms with Crippen LogP contribution in [0.3, 0.4) is 0 Å². The van der Waals surface area contributed by atoms with Gasteiger partial charge in [-0.2, -0.15) is 0 Å². The first-order valence-corrected chi connectivity index (χ1v) is 7.89. The van der Waals surface area contributed by atoms with Gasteiger partial charge in [0.15, 0.2) is 0 Å². The van der Waals surface area contributed by atoms with Crippen molar-refractivity contribution >= 4 is 34.3 Å². The number of rotatable bonds is 3. The van der Waals surface area contributed by atoms with Crippen LogP contribution < -0.4 is 0 Å². The zero-order valence-corrected chi connectivity index (χ0v) is 13.1. The van der Waals surface area contributed by atoms with Crippen LogP contribution in [0.15, 0.2) is 59.6 Å². The third kappa shape index (κ3) is 2.76. The van der Waals surface area contributed by atoms with E-state index in [9.17, 15) is 4.79 Å². The molecule has 2 aromatic carbocycles. The number of hydrogen-bond acceptors (Lipinski definition) is 2. The Hall–Kier alpha value is -1.58. The van der Waals surface area contributed by atoms with Crippen LogP contribution >= 0.6 is 23.4 Å². The Labute approximate surface area is 133 Å². The highest BCUT2D eigenvalue weighted by Gasteiger charge is 2.42. The number of halogens is 1. The van der Waals surface area contributed by atoms with Crippen molar-refractivity contribution in [2.45, 2.75) is 18.1 Å². The summed E-state index contributed by atoms with van der Waals surface area (Å²) in [5.41, 5.74) is 1.98. The lowest BCUT2D eigenvalue weighted by molar-refractivity contribution is -0.119. The van der Waals surface area contributed by atoms with E-state index in [1.807, 2.05) is 61.5 Å². The van der Waals surface area contributed by atoms with E-state index >= 15 is 0 Å². The summed E-state index contributed by atoms with van der Waals surface area (Å²) in [7, 11) is 0. The van der Waals surface area contributed by atoms with Gasteiger partial charge in [-0.3, -0.25) is 4.79 Å². The monoisotopic (exact) mass is 315 g/mol. The Morgan fingerprint density at radius 2 is 1.76 bits per heavy atom. The van der Waals surface area contributed by atoms with E-state index in [-0.39, 0.29) is 5.91 Å². The van der Waals surface area contributed by atoms with E-state index in [4.69, 9.17) is 11.6 Å². The van der Waals surface area contributed by atoms with Gasteiger partial charge in [0.05, 0.1) is 5.04 Å². The summed E-state index contributed by atoms with van der Waals surface area (Å²) in [6, 6.07) is 17.4. The molecule has 0 fully saturated rings. The largest absolute Gasteiger partial charge is 0.271 e. The molecule has 0 aromatic heterocycles. The van der Waals surface area contributed by atoms with Gasteiger partial charge in [0.25, 0.3) is 5.91 Å². The molecule has 1 atom stereocenters. The van der Waals surface area contributed by atoms with Gasteiger partial charge in [-0.15, -0.1) is 0 Å². The fraction of sp³-hybridized carbons (Fsp3) is 0.176. The highest BCUT2D eigenvalue weighted by Crippen LogP contribution is 2.43. The van der Waals surface area contributed by atoms with E-state index in [0.29, 0.717) is 11.4 Å². The summed E-state index contributed by atoms with van der Waals surface area (Å²) < 4.78 is -0.627. The molecule has 2 aromatic rings. The predicted octanol–water partition coefficient (Wildman–Crippen LogP) is 4.47. The van der Waals surface area contributed by atoms with Crippen LogP contribution in [0.4, 0.5) is 0 Å². The Bertz CT molecular complexity index is 714. The molecule has 106 valence electrons. The summed E-state index contributed by atoms with van der Waals surface area (Å²) >= 11 is 7.70. The van der Waals surface area contributed by atoms with E-state index in [2.05, 4.69) is 4.99 Å². The lowest BCUT2D eigenvalue weighted by atomic mass is 10.00. The van der Waals surface area contributed by atoms with Gasteiger partial charge in [0, 0.05) is 11.4 Å². The summed E-state index contributed by atoms with van der Waals surface area (Å²) in [6.45, 7) is 1.93.